The minimum absolute atomic E-state index is 0.624. The van der Waals surface area contributed by atoms with Crippen molar-refractivity contribution in [3.63, 3.8) is 0 Å². The van der Waals surface area contributed by atoms with Gasteiger partial charge >= 0.3 is 0 Å². The molecule has 3 nitrogen and oxygen atoms in total. The van der Waals surface area contributed by atoms with Gasteiger partial charge in [0, 0.05) is 39.2 Å². The average molecular weight is 956 g/mol. The third-order valence-corrected chi connectivity index (χ3v) is 16.6. The highest BCUT2D eigenvalue weighted by Gasteiger charge is 2.53. The molecule has 2 spiro atoms. The van der Waals surface area contributed by atoms with Gasteiger partial charge in [0.2, 0.25) is 0 Å². The number of hydrogen-bond donors (Lipinski definition) is 0. The van der Waals surface area contributed by atoms with Crippen LogP contribution in [0.15, 0.2) is 273 Å². The minimum Gasteiger partial charge on any atom is -0.457 e. The van der Waals surface area contributed by atoms with Crippen molar-refractivity contribution in [2.45, 2.75) is 10.8 Å². The lowest BCUT2D eigenvalue weighted by Crippen LogP contribution is -2.32. The van der Waals surface area contributed by atoms with Crippen LogP contribution in [0, 0.1) is 0 Å². The number of benzene rings is 12. The van der Waals surface area contributed by atoms with Crippen LogP contribution >= 0.6 is 0 Å². The van der Waals surface area contributed by atoms with Crippen molar-refractivity contribution in [1.29, 1.82) is 0 Å². The second kappa shape index (κ2) is 15.9. The third-order valence-electron chi connectivity index (χ3n) is 16.6. The van der Waals surface area contributed by atoms with Crippen molar-refractivity contribution in [3.8, 4) is 67.5 Å². The molecule has 12 aromatic rings. The normalized spacial score (nSPS) is 14.0. The minimum atomic E-state index is -0.638. The fourth-order valence-electron chi connectivity index (χ4n) is 13.6. The van der Waals surface area contributed by atoms with Gasteiger partial charge in [-0.3, -0.25) is 0 Å². The molecule has 0 atom stereocenters. The van der Waals surface area contributed by atoms with Gasteiger partial charge in [0.05, 0.1) is 16.5 Å². The van der Waals surface area contributed by atoms with E-state index in [2.05, 4.69) is 278 Å². The predicted octanol–water partition coefficient (Wildman–Crippen LogP) is 18.6. The van der Waals surface area contributed by atoms with E-state index in [-0.39, 0.29) is 0 Å². The number of rotatable bonds is 5. The number of para-hydroxylation sites is 4. The smallest absolute Gasteiger partial charge is 0.132 e. The Hall–Kier alpha value is -9.70. The molecule has 16 rings (SSSR count). The van der Waals surface area contributed by atoms with Crippen LogP contribution in [-0.4, -0.2) is 0 Å². The van der Waals surface area contributed by atoms with Crippen molar-refractivity contribution in [3.05, 3.63) is 317 Å². The van der Waals surface area contributed by atoms with E-state index in [9.17, 15) is 0 Å². The third kappa shape index (κ3) is 5.75. The van der Waals surface area contributed by atoms with Crippen LogP contribution in [0.25, 0.3) is 55.3 Å². The molecule has 0 saturated carbocycles. The van der Waals surface area contributed by atoms with Crippen LogP contribution in [0.2, 0.25) is 0 Å². The molecule has 0 unspecified atom stereocenters. The Morgan fingerprint density at radius 1 is 0.280 bits per heavy atom. The topological polar surface area (TPSA) is 21.7 Å². The molecule has 12 aromatic carbocycles. The highest BCUT2D eigenvalue weighted by molar-refractivity contribution is 6.04. The van der Waals surface area contributed by atoms with Gasteiger partial charge in [-0.2, -0.15) is 0 Å². The van der Waals surface area contributed by atoms with Crippen molar-refractivity contribution in [2.75, 3.05) is 4.90 Å². The molecule has 2 aliphatic carbocycles. The molecular formula is C72H45NO2. The molecule has 2 aliphatic heterocycles. The highest BCUT2D eigenvalue weighted by Crippen LogP contribution is 2.66. The van der Waals surface area contributed by atoms with Gasteiger partial charge in [0.15, 0.2) is 0 Å². The van der Waals surface area contributed by atoms with Crippen molar-refractivity contribution >= 4 is 27.8 Å². The zero-order chi connectivity index (χ0) is 49.2. The van der Waals surface area contributed by atoms with Crippen molar-refractivity contribution in [1.82, 2.24) is 0 Å². The van der Waals surface area contributed by atoms with E-state index in [4.69, 9.17) is 9.47 Å². The van der Waals surface area contributed by atoms with E-state index in [1.165, 1.54) is 72.0 Å². The molecular weight excluding hydrogens is 911 g/mol. The summed E-state index contributed by atoms with van der Waals surface area (Å²) in [6, 6.07) is 100.0. The maximum atomic E-state index is 6.80. The maximum absolute atomic E-state index is 6.80. The lowest BCUT2D eigenvalue weighted by atomic mass is 9.65. The van der Waals surface area contributed by atoms with Gasteiger partial charge in [-0.1, -0.05) is 218 Å². The number of hydrogen-bond acceptors (Lipinski definition) is 3. The summed E-state index contributed by atoms with van der Waals surface area (Å²) in [5, 5.41) is 2.38. The van der Waals surface area contributed by atoms with Gasteiger partial charge < -0.3 is 14.4 Å². The molecule has 0 radical (unpaired) electrons. The summed E-state index contributed by atoms with van der Waals surface area (Å²) in [7, 11) is 0. The molecule has 0 amide bonds. The summed E-state index contributed by atoms with van der Waals surface area (Å²) in [4.78, 5) is 2.51. The second-order valence-corrected chi connectivity index (χ2v) is 20.2. The summed E-state index contributed by atoms with van der Waals surface area (Å²) in [6.07, 6.45) is 0. The van der Waals surface area contributed by atoms with Crippen molar-refractivity contribution in [2.24, 2.45) is 0 Å². The summed E-state index contributed by atoms with van der Waals surface area (Å²) >= 11 is 0. The molecule has 2 heterocycles. The number of nitrogens with zero attached hydrogens (tertiary/aromatic N) is 1. The molecule has 0 bridgehead atoms. The first kappa shape index (κ1) is 41.9. The molecule has 0 N–H and O–H groups in total. The van der Waals surface area contributed by atoms with E-state index < -0.39 is 10.8 Å². The summed E-state index contributed by atoms with van der Waals surface area (Å²) in [6.45, 7) is 0. The molecule has 0 aromatic heterocycles. The molecule has 75 heavy (non-hydrogen) atoms. The van der Waals surface area contributed by atoms with Gasteiger partial charge in [0.1, 0.15) is 23.0 Å². The van der Waals surface area contributed by atoms with Gasteiger partial charge in [0.25, 0.3) is 0 Å². The molecule has 3 heteroatoms. The summed E-state index contributed by atoms with van der Waals surface area (Å²) in [5.74, 6) is 3.52. The Morgan fingerprint density at radius 3 is 1.29 bits per heavy atom. The quantitative estimate of drug-likeness (QED) is 0.172. The van der Waals surface area contributed by atoms with Crippen LogP contribution in [0.5, 0.6) is 23.0 Å². The first-order valence-electron chi connectivity index (χ1n) is 25.9. The fourth-order valence-corrected chi connectivity index (χ4v) is 13.6. The zero-order valence-corrected chi connectivity index (χ0v) is 40.7. The molecule has 0 fully saturated rings. The fraction of sp³-hybridized carbons (Fsp3) is 0.0278. The van der Waals surface area contributed by atoms with E-state index in [1.54, 1.807) is 0 Å². The predicted molar refractivity (Wildman–Crippen MR) is 304 cm³/mol. The second-order valence-electron chi connectivity index (χ2n) is 20.2. The molecule has 350 valence electrons. The lowest BCUT2D eigenvalue weighted by molar-refractivity contribution is 0.436. The first-order valence-corrected chi connectivity index (χ1v) is 25.9. The molecule has 0 saturated heterocycles. The maximum Gasteiger partial charge on any atom is 0.132 e. The Balaban J connectivity index is 0.958. The van der Waals surface area contributed by atoms with E-state index in [1.807, 2.05) is 0 Å². The van der Waals surface area contributed by atoms with E-state index >= 15 is 0 Å². The Bertz CT molecular complexity index is 4220. The summed E-state index contributed by atoms with van der Waals surface area (Å²) in [5.41, 5.74) is 21.2. The first-order chi connectivity index (χ1) is 37.2. The SMILES string of the molecule is c1ccc(-c2ccc(-c3ccc(N(c4ccc5ccc6c(c5c4)C4(c5ccccc5Oc5ccccc54)c4ccccc4-6)c4cccc5c4-c4ccccc4C54c5ccccc5Oc5ccccc54)cc3)cc2)cc1. The van der Waals surface area contributed by atoms with Gasteiger partial charge in [-0.05, 0) is 127 Å². The Kier molecular flexibility index (Phi) is 8.88. The number of anilines is 3. The Morgan fingerprint density at radius 2 is 0.707 bits per heavy atom. The van der Waals surface area contributed by atoms with Gasteiger partial charge in [-0.15, -0.1) is 0 Å². The van der Waals surface area contributed by atoms with Crippen LogP contribution in [0.4, 0.5) is 17.1 Å². The zero-order valence-electron chi connectivity index (χ0n) is 40.7. The highest BCUT2D eigenvalue weighted by atomic mass is 16.5. The Labute approximate surface area is 435 Å². The largest absolute Gasteiger partial charge is 0.457 e. The molecule has 4 aliphatic rings. The van der Waals surface area contributed by atoms with Crippen LogP contribution in [-0.2, 0) is 10.8 Å². The number of fused-ring (bicyclic) bond motifs is 20. The average Bonchev–Trinajstić information content (AvgIpc) is 4.07. The van der Waals surface area contributed by atoms with Crippen molar-refractivity contribution < 1.29 is 9.47 Å². The van der Waals surface area contributed by atoms with Gasteiger partial charge in [-0.25, -0.2) is 0 Å². The summed E-state index contributed by atoms with van der Waals surface area (Å²) < 4.78 is 13.6. The monoisotopic (exact) mass is 955 g/mol. The number of ether oxygens (including phenoxy) is 2. The van der Waals surface area contributed by atoms with Crippen LogP contribution < -0.4 is 14.4 Å². The van der Waals surface area contributed by atoms with E-state index in [0.29, 0.717) is 0 Å². The van der Waals surface area contributed by atoms with Crippen LogP contribution in [0.3, 0.4) is 0 Å². The van der Waals surface area contributed by atoms with E-state index in [0.717, 1.165) is 67.9 Å². The van der Waals surface area contributed by atoms with Crippen LogP contribution in [0.1, 0.15) is 44.5 Å². The standard InChI is InChI=1S/C72H45NO2/c1-2-17-46(18-3-1)47-33-35-48(36-34-47)49-37-41-51(42-38-49)73(64-28-16-27-63-69(64)55-20-5-7-22-58(55)71(63)59-23-8-12-29-65(59)74-66-30-13-9-24-60(66)71)52-43-39-50-40-44-54-53-19-4-6-21-57(53)72(70(54)56(50)45-52)61-25-10-14-31-67(61)75-68-32-15-11-26-62(68)72/h1-45H. The lowest BCUT2D eigenvalue weighted by Gasteiger charge is -2.40.